The summed E-state index contributed by atoms with van der Waals surface area (Å²) < 4.78 is 13.3. The van der Waals surface area contributed by atoms with Crippen LogP contribution in [0, 0.1) is 0 Å². The van der Waals surface area contributed by atoms with E-state index in [9.17, 15) is 0 Å². The van der Waals surface area contributed by atoms with Gasteiger partial charge in [0.15, 0.2) is 11.3 Å². The lowest BCUT2D eigenvalue weighted by Crippen LogP contribution is -2.17. The zero-order chi connectivity index (χ0) is 33.5. The summed E-state index contributed by atoms with van der Waals surface area (Å²) in [6, 6.07) is 42.7. The average Bonchev–Trinajstić information content (AvgIpc) is 3.84. The summed E-state index contributed by atoms with van der Waals surface area (Å²) in [4.78, 5) is 0. The van der Waals surface area contributed by atoms with Crippen LogP contribution >= 0.6 is 0 Å². The van der Waals surface area contributed by atoms with Crippen LogP contribution in [0.5, 0.6) is 5.75 Å². The van der Waals surface area contributed by atoms with E-state index >= 15 is 0 Å². The van der Waals surface area contributed by atoms with Crippen molar-refractivity contribution < 1.29 is 9.15 Å². The molecule has 0 saturated heterocycles. The maximum Gasteiger partial charge on any atom is 0.177 e. The summed E-state index contributed by atoms with van der Waals surface area (Å²) in [5.41, 5.74) is 18.8. The van der Waals surface area contributed by atoms with Gasteiger partial charge in [-0.05, 0) is 103 Å². The number of fused-ring (bicyclic) bond motifs is 13. The Hall–Kier alpha value is -5.60. The van der Waals surface area contributed by atoms with Crippen LogP contribution in [0.25, 0.3) is 60.9 Å². The van der Waals surface area contributed by atoms with Crippen molar-refractivity contribution in [3.63, 3.8) is 0 Å². The Morgan fingerprint density at radius 1 is 0.540 bits per heavy atom. The SMILES string of the molecule is CC1(C)c2ccccc2-c2ccc(C3=CC4c5ccc6c(oc7ccc(-c8ccc9c(c8)C(C)(C)c8ccccc8-9)cc76)c5OC4C=C3)cc21. The normalized spacial score (nSPS) is 19.7. The van der Waals surface area contributed by atoms with E-state index < -0.39 is 0 Å². The minimum absolute atomic E-state index is 0.0256. The highest BCUT2D eigenvalue weighted by Crippen LogP contribution is 2.53. The van der Waals surface area contributed by atoms with Crippen LogP contribution in [0.3, 0.4) is 0 Å². The lowest BCUT2D eigenvalue weighted by Gasteiger charge is -2.23. The van der Waals surface area contributed by atoms with Crippen molar-refractivity contribution >= 4 is 27.5 Å². The number of hydrogen-bond acceptors (Lipinski definition) is 2. The summed E-state index contributed by atoms with van der Waals surface area (Å²) in [7, 11) is 0. The molecule has 2 unspecified atom stereocenters. The number of ether oxygens (including phenoxy) is 1. The highest BCUT2D eigenvalue weighted by Gasteiger charge is 2.39. The quantitative estimate of drug-likeness (QED) is 0.187. The second-order valence-corrected chi connectivity index (χ2v) is 15.6. The molecule has 2 heterocycles. The average molecular weight is 645 g/mol. The molecule has 1 aliphatic heterocycles. The Morgan fingerprint density at radius 2 is 1.14 bits per heavy atom. The van der Waals surface area contributed by atoms with Gasteiger partial charge >= 0.3 is 0 Å². The van der Waals surface area contributed by atoms with Crippen molar-refractivity contribution in [2.75, 3.05) is 0 Å². The summed E-state index contributed by atoms with van der Waals surface area (Å²) in [6.45, 7) is 9.37. The molecule has 4 aliphatic rings. The van der Waals surface area contributed by atoms with Crippen molar-refractivity contribution in [1.82, 2.24) is 0 Å². The predicted molar refractivity (Wildman–Crippen MR) is 205 cm³/mol. The standard InChI is InChI=1S/C48H36O2/c1-47(2)39-11-7-5-9-31(39)33-17-13-29(25-41(33)47)27-15-21-43-37(23-27)35-19-20-36-38-24-28(16-22-44(38)50-46(36)45(35)49-43)30-14-18-34-32-10-6-8-12-40(32)48(3,4)42(34)26-30/h5-26,37,43H,1-4H3. The molecule has 240 valence electrons. The Kier molecular flexibility index (Phi) is 5.40. The zero-order valence-corrected chi connectivity index (χ0v) is 28.7. The monoisotopic (exact) mass is 644 g/mol. The first-order valence-electron chi connectivity index (χ1n) is 17.8. The second kappa shape index (κ2) is 9.55. The first-order valence-corrected chi connectivity index (χ1v) is 17.8. The van der Waals surface area contributed by atoms with Crippen LogP contribution in [-0.2, 0) is 10.8 Å². The third-order valence-corrected chi connectivity index (χ3v) is 12.2. The Bertz CT molecular complexity index is 2690. The number of furan rings is 1. The van der Waals surface area contributed by atoms with E-state index in [2.05, 4.69) is 161 Å². The van der Waals surface area contributed by atoms with Crippen LogP contribution in [0.15, 0.2) is 138 Å². The van der Waals surface area contributed by atoms with E-state index in [1.165, 1.54) is 72.3 Å². The largest absolute Gasteiger partial charge is 0.481 e. The fourth-order valence-electron chi connectivity index (χ4n) is 9.53. The third kappa shape index (κ3) is 3.63. The molecule has 6 aromatic carbocycles. The van der Waals surface area contributed by atoms with Crippen LogP contribution in [0.1, 0.15) is 67.0 Å². The Balaban J connectivity index is 0.959. The first-order chi connectivity index (χ1) is 24.3. The van der Waals surface area contributed by atoms with Gasteiger partial charge in [0.25, 0.3) is 0 Å². The smallest absolute Gasteiger partial charge is 0.177 e. The maximum absolute atomic E-state index is 6.68. The summed E-state index contributed by atoms with van der Waals surface area (Å²) in [5.74, 6) is 1.01. The minimum Gasteiger partial charge on any atom is -0.481 e. The van der Waals surface area contributed by atoms with Gasteiger partial charge in [-0.2, -0.15) is 0 Å². The molecule has 2 atom stereocenters. The van der Waals surface area contributed by atoms with E-state index in [1.54, 1.807) is 0 Å². The first kappa shape index (κ1) is 28.3. The van der Waals surface area contributed by atoms with Crippen molar-refractivity contribution in [3.8, 4) is 39.1 Å². The van der Waals surface area contributed by atoms with E-state index in [4.69, 9.17) is 9.15 Å². The van der Waals surface area contributed by atoms with Gasteiger partial charge in [-0.3, -0.25) is 0 Å². The fraction of sp³-hybridized carbons (Fsp3) is 0.167. The van der Waals surface area contributed by atoms with Gasteiger partial charge in [0, 0.05) is 33.1 Å². The number of benzene rings is 6. The molecule has 2 nitrogen and oxygen atoms in total. The number of hydrogen-bond donors (Lipinski definition) is 0. The molecule has 50 heavy (non-hydrogen) atoms. The lowest BCUT2D eigenvalue weighted by molar-refractivity contribution is 0.269. The summed E-state index contributed by atoms with van der Waals surface area (Å²) in [5, 5.41) is 2.22. The molecule has 1 aromatic heterocycles. The molecule has 0 fully saturated rings. The van der Waals surface area contributed by atoms with E-state index in [1.807, 2.05) is 0 Å². The fourth-order valence-corrected chi connectivity index (χ4v) is 9.53. The maximum atomic E-state index is 6.68. The molecule has 0 N–H and O–H groups in total. The van der Waals surface area contributed by atoms with Crippen LogP contribution in [-0.4, -0.2) is 6.10 Å². The second-order valence-electron chi connectivity index (χ2n) is 15.6. The van der Waals surface area contributed by atoms with Crippen LogP contribution in [0.4, 0.5) is 0 Å². The van der Waals surface area contributed by atoms with Gasteiger partial charge in [-0.15, -0.1) is 0 Å². The Labute approximate surface area is 292 Å². The van der Waals surface area contributed by atoms with E-state index in [0.29, 0.717) is 0 Å². The van der Waals surface area contributed by atoms with Crippen LogP contribution in [0.2, 0.25) is 0 Å². The summed E-state index contributed by atoms with van der Waals surface area (Å²) in [6.07, 6.45) is 6.82. The third-order valence-electron chi connectivity index (χ3n) is 12.2. The molecular weight excluding hydrogens is 609 g/mol. The topological polar surface area (TPSA) is 22.4 Å². The molecule has 0 bridgehead atoms. The van der Waals surface area contributed by atoms with Crippen molar-refractivity contribution in [2.45, 2.75) is 50.5 Å². The molecule has 3 aliphatic carbocycles. The van der Waals surface area contributed by atoms with Gasteiger partial charge in [0.05, 0.1) is 0 Å². The minimum atomic E-state index is -0.0443. The van der Waals surface area contributed by atoms with Crippen molar-refractivity contribution in [1.29, 1.82) is 0 Å². The molecule has 7 aromatic rings. The summed E-state index contributed by atoms with van der Waals surface area (Å²) >= 11 is 0. The molecule has 0 radical (unpaired) electrons. The van der Waals surface area contributed by atoms with Gasteiger partial charge < -0.3 is 9.15 Å². The Morgan fingerprint density at radius 3 is 1.86 bits per heavy atom. The van der Waals surface area contributed by atoms with Gasteiger partial charge in [0.1, 0.15) is 11.7 Å². The highest BCUT2D eigenvalue weighted by atomic mass is 16.5. The molecule has 11 rings (SSSR count). The molecule has 0 amide bonds. The van der Waals surface area contributed by atoms with E-state index in [0.717, 1.165) is 27.7 Å². The van der Waals surface area contributed by atoms with Crippen molar-refractivity contribution in [3.05, 3.63) is 167 Å². The highest BCUT2D eigenvalue weighted by molar-refractivity contribution is 6.09. The van der Waals surface area contributed by atoms with Crippen molar-refractivity contribution in [2.24, 2.45) is 0 Å². The predicted octanol–water partition coefficient (Wildman–Crippen LogP) is 12.4. The van der Waals surface area contributed by atoms with Crippen LogP contribution < -0.4 is 4.74 Å². The lowest BCUT2D eigenvalue weighted by atomic mass is 9.80. The van der Waals surface area contributed by atoms with Gasteiger partial charge in [-0.1, -0.05) is 125 Å². The molecule has 2 heteroatoms. The number of allylic oxidation sites excluding steroid dienone is 2. The van der Waals surface area contributed by atoms with Gasteiger partial charge in [0.2, 0.25) is 0 Å². The van der Waals surface area contributed by atoms with E-state index in [-0.39, 0.29) is 22.9 Å². The molecule has 0 spiro atoms. The number of rotatable bonds is 2. The van der Waals surface area contributed by atoms with Gasteiger partial charge in [-0.25, -0.2) is 0 Å². The molecular formula is C48H36O2. The molecule has 0 saturated carbocycles. The zero-order valence-electron chi connectivity index (χ0n) is 28.7.